The zero-order chi connectivity index (χ0) is 25.4. The lowest BCUT2D eigenvalue weighted by molar-refractivity contribution is 0.111. The van der Waals surface area contributed by atoms with E-state index in [1.54, 1.807) is 4.31 Å². The average molecular weight is 518 g/mol. The van der Waals surface area contributed by atoms with E-state index in [0.717, 1.165) is 75.8 Å². The summed E-state index contributed by atoms with van der Waals surface area (Å²) >= 11 is 0. The number of likely N-dealkylation sites (tertiary alicyclic amines) is 1. The summed E-state index contributed by atoms with van der Waals surface area (Å²) in [4.78, 5) is 2.53. The minimum absolute atomic E-state index is 0.462. The molecule has 1 saturated heterocycles. The van der Waals surface area contributed by atoms with Crippen molar-refractivity contribution in [3.05, 3.63) is 53.3 Å². The molecule has 0 amide bonds. The Kier molecular flexibility index (Phi) is 9.87. The normalized spacial score (nSPS) is 21.3. The van der Waals surface area contributed by atoms with E-state index in [4.69, 9.17) is 15.2 Å². The van der Waals surface area contributed by atoms with Gasteiger partial charge in [-0.15, -0.1) is 0 Å². The Labute approximate surface area is 217 Å². The van der Waals surface area contributed by atoms with Gasteiger partial charge in [-0.3, -0.25) is 0 Å². The van der Waals surface area contributed by atoms with Gasteiger partial charge in [0.2, 0.25) is 10.0 Å². The molecule has 1 fully saturated rings. The van der Waals surface area contributed by atoms with Crippen LogP contribution in [0.4, 0.5) is 0 Å². The molecule has 2 N–H and O–H groups in total. The lowest BCUT2D eigenvalue weighted by Crippen LogP contribution is -2.35. The number of piperidine rings is 1. The van der Waals surface area contributed by atoms with E-state index in [0.29, 0.717) is 25.6 Å². The third kappa shape index (κ3) is 7.81. The van der Waals surface area contributed by atoms with Crippen LogP contribution in [-0.4, -0.2) is 69.9 Å². The second-order valence-corrected chi connectivity index (χ2v) is 12.4. The van der Waals surface area contributed by atoms with E-state index in [2.05, 4.69) is 29.2 Å². The molecule has 8 heteroatoms. The van der Waals surface area contributed by atoms with Crippen LogP contribution in [0.3, 0.4) is 0 Å². The van der Waals surface area contributed by atoms with E-state index in [9.17, 15) is 8.42 Å². The van der Waals surface area contributed by atoms with Crippen LogP contribution in [0.5, 0.6) is 5.75 Å². The summed E-state index contributed by atoms with van der Waals surface area (Å²) in [5, 5.41) is 0. The van der Waals surface area contributed by atoms with Gasteiger partial charge < -0.3 is 20.1 Å². The van der Waals surface area contributed by atoms with Crippen LogP contribution in [0.15, 0.2) is 42.1 Å². The zero-order valence-electron chi connectivity index (χ0n) is 21.7. The lowest BCUT2D eigenvalue weighted by Gasteiger charge is -2.35. The smallest absolute Gasteiger partial charge is 0.211 e. The molecule has 0 saturated carbocycles. The van der Waals surface area contributed by atoms with Crippen molar-refractivity contribution in [2.45, 2.75) is 51.5 Å². The van der Waals surface area contributed by atoms with Crippen molar-refractivity contribution in [1.82, 2.24) is 9.21 Å². The topological polar surface area (TPSA) is 85.1 Å². The first-order valence-electron chi connectivity index (χ1n) is 13.5. The summed E-state index contributed by atoms with van der Waals surface area (Å²) < 4.78 is 36.9. The summed E-state index contributed by atoms with van der Waals surface area (Å²) in [6.07, 6.45) is 15.7. The number of nitrogens with zero attached hydrogens (tertiary/aromatic N) is 2. The summed E-state index contributed by atoms with van der Waals surface area (Å²) in [6, 6.07) is 6.09. The van der Waals surface area contributed by atoms with Crippen LogP contribution < -0.4 is 10.5 Å². The van der Waals surface area contributed by atoms with Crippen molar-refractivity contribution in [3.63, 3.8) is 0 Å². The average Bonchev–Trinajstić information content (AvgIpc) is 2.89. The van der Waals surface area contributed by atoms with Crippen molar-refractivity contribution < 1.29 is 17.9 Å². The number of ether oxygens (including phenoxy) is 2. The molecule has 0 bridgehead atoms. The Hall–Kier alpha value is -1.87. The second kappa shape index (κ2) is 13.1. The monoisotopic (exact) mass is 517 g/mol. The Morgan fingerprint density at radius 3 is 2.64 bits per heavy atom. The van der Waals surface area contributed by atoms with Gasteiger partial charge in [0.15, 0.2) is 0 Å². The summed E-state index contributed by atoms with van der Waals surface area (Å²) in [6.45, 7) is 6.25. The maximum absolute atomic E-state index is 11.8. The number of hydrogen-bond acceptors (Lipinski definition) is 6. The highest BCUT2D eigenvalue weighted by atomic mass is 32.2. The fourth-order valence-corrected chi connectivity index (χ4v) is 6.15. The molecule has 1 aromatic rings. The van der Waals surface area contributed by atoms with Gasteiger partial charge in [-0.05, 0) is 86.7 Å². The van der Waals surface area contributed by atoms with Gasteiger partial charge in [0.05, 0.1) is 19.5 Å². The molecule has 1 aromatic carbocycles. The van der Waals surface area contributed by atoms with E-state index in [-0.39, 0.29) is 0 Å². The Balaban J connectivity index is 1.11. The van der Waals surface area contributed by atoms with Crippen LogP contribution in [0, 0.1) is 11.8 Å². The number of sulfonamides is 1. The van der Waals surface area contributed by atoms with Crippen molar-refractivity contribution in [2.24, 2.45) is 17.6 Å². The predicted octanol–water partition coefficient (Wildman–Crippen LogP) is 3.70. The molecule has 3 aliphatic rings. The quantitative estimate of drug-likeness (QED) is 0.426. The largest absolute Gasteiger partial charge is 0.494 e. The van der Waals surface area contributed by atoms with Crippen LogP contribution in [0.25, 0.3) is 0 Å². The lowest BCUT2D eigenvalue weighted by atomic mass is 9.91. The van der Waals surface area contributed by atoms with Crippen LogP contribution in [0.1, 0.15) is 49.7 Å². The van der Waals surface area contributed by atoms with Gasteiger partial charge in [0.1, 0.15) is 5.75 Å². The molecular weight excluding hydrogens is 474 g/mol. The van der Waals surface area contributed by atoms with Crippen LogP contribution in [-0.2, 0) is 27.7 Å². The summed E-state index contributed by atoms with van der Waals surface area (Å²) in [5.74, 6) is 2.16. The van der Waals surface area contributed by atoms with Crippen LogP contribution >= 0.6 is 0 Å². The number of hydrogen-bond donors (Lipinski definition) is 1. The third-order valence-electron chi connectivity index (χ3n) is 7.62. The fraction of sp³-hybridized carbons (Fsp3) is 0.643. The number of rotatable bonds is 12. The van der Waals surface area contributed by atoms with Crippen molar-refractivity contribution in [1.29, 1.82) is 0 Å². The molecule has 1 atom stereocenters. The molecule has 4 rings (SSSR count). The minimum Gasteiger partial charge on any atom is -0.494 e. The molecular formula is C28H43N3O4S. The molecule has 0 spiro atoms. The van der Waals surface area contributed by atoms with Gasteiger partial charge in [0.25, 0.3) is 0 Å². The predicted molar refractivity (Wildman–Crippen MR) is 144 cm³/mol. The summed E-state index contributed by atoms with van der Waals surface area (Å²) in [5.41, 5.74) is 9.18. The van der Waals surface area contributed by atoms with Gasteiger partial charge in [0, 0.05) is 44.4 Å². The number of fused-ring (bicyclic) bond motifs is 1. The Morgan fingerprint density at radius 2 is 1.92 bits per heavy atom. The van der Waals surface area contributed by atoms with E-state index >= 15 is 0 Å². The molecule has 0 radical (unpaired) electrons. The number of allylic oxidation sites excluding steroid dienone is 2. The van der Waals surface area contributed by atoms with Gasteiger partial charge in [-0.25, -0.2) is 8.42 Å². The standard InChI is InChI=1S/C28H43N3O4S/c1-36(32,33)31-17-13-25-20-28(10-7-26(25)21-31)35-19-2-4-23-11-15-30(16-12-23)27-8-5-24(6-9-27)22-34-18-3-14-29/h5,7-10,20,23-24H,2-4,6,11-19,21-22,29H2,1H3. The molecule has 2 aliphatic heterocycles. The van der Waals surface area contributed by atoms with E-state index in [1.165, 1.54) is 36.8 Å². The highest BCUT2D eigenvalue weighted by molar-refractivity contribution is 7.88. The van der Waals surface area contributed by atoms with Crippen molar-refractivity contribution in [2.75, 3.05) is 52.3 Å². The van der Waals surface area contributed by atoms with E-state index in [1.807, 2.05) is 12.1 Å². The SMILES string of the molecule is CS(=O)(=O)N1CCc2cc(OCCCC3CCN(C4=CCC(COCCCN)C=C4)CC3)ccc2C1. The zero-order valence-corrected chi connectivity index (χ0v) is 22.6. The molecule has 36 heavy (non-hydrogen) atoms. The van der Waals surface area contributed by atoms with Crippen LogP contribution in [0.2, 0.25) is 0 Å². The van der Waals surface area contributed by atoms with Gasteiger partial charge >= 0.3 is 0 Å². The third-order valence-corrected chi connectivity index (χ3v) is 8.87. The highest BCUT2D eigenvalue weighted by Crippen LogP contribution is 2.28. The first-order valence-corrected chi connectivity index (χ1v) is 15.4. The van der Waals surface area contributed by atoms with Gasteiger partial charge in [-0.2, -0.15) is 4.31 Å². The molecule has 2 heterocycles. The first-order chi connectivity index (χ1) is 17.4. The van der Waals surface area contributed by atoms with Gasteiger partial charge in [-0.1, -0.05) is 18.2 Å². The van der Waals surface area contributed by atoms with Crippen molar-refractivity contribution >= 4 is 10.0 Å². The Bertz CT molecular complexity index is 1020. The molecule has 200 valence electrons. The maximum atomic E-state index is 11.8. The summed E-state index contributed by atoms with van der Waals surface area (Å²) in [7, 11) is -3.14. The highest BCUT2D eigenvalue weighted by Gasteiger charge is 2.24. The molecule has 0 aromatic heterocycles. The van der Waals surface area contributed by atoms with E-state index < -0.39 is 10.0 Å². The minimum atomic E-state index is -3.14. The maximum Gasteiger partial charge on any atom is 0.211 e. The first kappa shape index (κ1) is 27.2. The number of benzene rings is 1. The molecule has 1 unspecified atom stereocenters. The molecule has 7 nitrogen and oxygen atoms in total. The fourth-order valence-electron chi connectivity index (χ4n) is 5.35. The molecule has 1 aliphatic carbocycles. The Morgan fingerprint density at radius 1 is 1.08 bits per heavy atom. The second-order valence-electron chi connectivity index (χ2n) is 10.4. The van der Waals surface area contributed by atoms with Crippen molar-refractivity contribution in [3.8, 4) is 5.75 Å². The number of nitrogens with two attached hydrogens (primary N) is 1.